The summed E-state index contributed by atoms with van der Waals surface area (Å²) >= 11 is 1.11. The Bertz CT molecular complexity index is 1330. The lowest BCUT2D eigenvalue weighted by Gasteiger charge is -2.09. The van der Waals surface area contributed by atoms with Crippen molar-refractivity contribution in [2.75, 3.05) is 5.32 Å². The second-order valence-electron chi connectivity index (χ2n) is 7.13. The molecule has 1 atom stereocenters. The molecule has 2 aromatic heterocycles. The van der Waals surface area contributed by atoms with Crippen LogP contribution in [0.5, 0.6) is 0 Å². The fraction of sp³-hybridized carbons (Fsp3) is 0.182. The lowest BCUT2D eigenvalue weighted by molar-refractivity contribution is -0.115. The van der Waals surface area contributed by atoms with Gasteiger partial charge in [0, 0.05) is 7.05 Å². The van der Waals surface area contributed by atoms with Gasteiger partial charge in [0.1, 0.15) is 11.5 Å². The van der Waals surface area contributed by atoms with E-state index >= 15 is 0 Å². The Morgan fingerprint density at radius 2 is 1.84 bits per heavy atom. The maximum Gasteiger partial charge on any atom is 0.295 e. The molecule has 0 radical (unpaired) electrons. The SMILES string of the molecule is Cc1c(NC(=O)[C@H](C)Sc2n[nH]c(-c3ccccc3F)n2)c(=O)n(-c2ccccc2)n1C. The molecule has 1 amide bonds. The van der Waals surface area contributed by atoms with Crippen LogP contribution in [-0.4, -0.2) is 35.7 Å². The highest BCUT2D eigenvalue weighted by Crippen LogP contribution is 2.25. The zero-order valence-corrected chi connectivity index (χ0v) is 18.5. The number of hydrogen-bond donors (Lipinski definition) is 2. The number of para-hydroxylation sites is 1. The number of nitrogens with one attached hydrogen (secondary N) is 2. The smallest absolute Gasteiger partial charge is 0.295 e. The molecule has 0 fully saturated rings. The van der Waals surface area contributed by atoms with Gasteiger partial charge in [-0.2, -0.15) is 0 Å². The zero-order chi connectivity index (χ0) is 22.8. The van der Waals surface area contributed by atoms with Gasteiger partial charge < -0.3 is 5.32 Å². The Labute approximate surface area is 187 Å². The first-order valence-corrected chi connectivity index (χ1v) is 10.7. The molecule has 8 nitrogen and oxygen atoms in total. The van der Waals surface area contributed by atoms with Crippen LogP contribution in [0, 0.1) is 12.7 Å². The topological polar surface area (TPSA) is 97.6 Å². The van der Waals surface area contributed by atoms with Crippen LogP contribution < -0.4 is 10.9 Å². The van der Waals surface area contributed by atoms with E-state index in [0.29, 0.717) is 22.1 Å². The van der Waals surface area contributed by atoms with Crippen molar-refractivity contribution in [3.05, 3.63) is 76.5 Å². The third kappa shape index (κ3) is 4.09. The highest BCUT2D eigenvalue weighted by Gasteiger charge is 2.23. The molecule has 0 aliphatic carbocycles. The predicted octanol–water partition coefficient (Wildman–Crippen LogP) is 3.53. The lowest BCUT2D eigenvalue weighted by atomic mass is 10.2. The van der Waals surface area contributed by atoms with E-state index in [2.05, 4.69) is 20.5 Å². The first-order chi connectivity index (χ1) is 15.4. The van der Waals surface area contributed by atoms with Gasteiger partial charge in [-0.3, -0.25) is 19.4 Å². The van der Waals surface area contributed by atoms with Gasteiger partial charge in [0.05, 0.1) is 22.2 Å². The number of nitrogens with zero attached hydrogens (tertiary/aromatic N) is 4. The molecule has 2 N–H and O–H groups in total. The van der Waals surface area contributed by atoms with Gasteiger partial charge in [0.25, 0.3) is 5.56 Å². The van der Waals surface area contributed by atoms with Gasteiger partial charge in [-0.1, -0.05) is 42.1 Å². The fourth-order valence-electron chi connectivity index (χ4n) is 3.22. The maximum atomic E-state index is 14.0. The summed E-state index contributed by atoms with van der Waals surface area (Å²) < 4.78 is 17.2. The van der Waals surface area contributed by atoms with Crippen LogP contribution in [-0.2, 0) is 11.8 Å². The second kappa shape index (κ2) is 8.83. The molecule has 164 valence electrons. The second-order valence-corrected chi connectivity index (χ2v) is 8.44. The molecule has 0 aliphatic heterocycles. The summed E-state index contributed by atoms with van der Waals surface area (Å²) in [5, 5.41) is 9.21. The molecule has 4 aromatic rings. The molecule has 0 aliphatic rings. The van der Waals surface area contributed by atoms with Crippen LogP contribution >= 0.6 is 11.8 Å². The Morgan fingerprint density at radius 1 is 1.16 bits per heavy atom. The Hall–Kier alpha value is -3.66. The molecule has 32 heavy (non-hydrogen) atoms. The number of aromatic nitrogens is 5. The normalized spacial score (nSPS) is 12.0. The van der Waals surface area contributed by atoms with Crippen molar-refractivity contribution in [2.24, 2.45) is 7.05 Å². The average molecular weight is 453 g/mol. The first kappa shape index (κ1) is 21.6. The van der Waals surface area contributed by atoms with Crippen molar-refractivity contribution in [2.45, 2.75) is 24.3 Å². The standard InChI is InChI=1S/C22H21FN6O2S/c1-13-18(21(31)29(28(13)3)15-9-5-4-6-10-15)24-20(30)14(2)32-22-25-19(26-27-22)16-11-7-8-12-17(16)23/h4-12,14H,1-3H3,(H,24,30)(H,25,26,27)/t14-/m0/s1. The number of amides is 1. The number of anilines is 1. The summed E-state index contributed by atoms with van der Waals surface area (Å²) in [4.78, 5) is 30.0. The Kier molecular flexibility index (Phi) is 5.95. The summed E-state index contributed by atoms with van der Waals surface area (Å²) in [6.45, 7) is 3.46. The molecule has 0 unspecified atom stereocenters. The maximum absolute atomic E-state index is 14.0. The number of thioether (sulfide) groups is 1. The minimum atomic E-state index is -0.594. The Balaban J connectivity index is 1.51. The molecule has 4 rings (SSSR count). The zero-order valence-electron chi connectivity index (χ0n) is 17.7. The van der Waals surface area contributed by atoms with Crippen molar-refractivity contribution in [1.29, 1.82) is 0 Å². The summed E-state index contributed by atoms with van der Waals surface area (Å²) in [7, 11) is 1.76. The molecular formula is C22H21FN6O2S. The van der Waals surface area contributed by atoms with E-state index in [1.807, 2.05) is 30.3 Å². The van der Waals surface area contributed by atoms with E-state index in [-0.39, 0.29) is 23.0 Å². The minimum absolute atomic E-state index is 0.218. The molecular weight excluding hydrogens is 431 g/mol. The predicted molar refractivity (Wildman–Crippen MR) is 121 cm³/mol. The number of H-pyrrole nitrogens is 1. The average Bonchev–Trinajstić information content (AvgIpc) is 3.33. The Morgan fingerprint density at radius 3 is 2.56 bits per heavy atom. The van der Waals surface area contributed by atoms with Gasteiger partial charge in [0.2, 0.25) is 11.1 Å². The van der Waals surface area contributed by atoms with E-state index in [9.17, 15) is 14.0 Å². The highest BCUT2D eigenvalue weighted by molar-refractivity contribution is 8.00. The molecule has 0 saturated heterocycles. The van der Waals surface area contributed by atoms with Crippen molar-refractivity contribution in [1.82, 2.24) is 24.5 Å². The van der Waals surface area contributed by atoms with Crippen LogP contribution in [0.2, 0.25) is 0 Å². The summed E-state index contributed by atoms with van der Waals surface area (Å²) in [6, 6.07) is 15.4. The molecule has 0 bridgehead atoms. The van der Waals surface area contributed by atoms with Gasteiger partial charge in [-0.05, 0) is 38.1 Å². The van der Waals surface area contributed by atoms with E-state index in [4.69, 9.17) is 0 Å². The van der Waals surface area contributed by atoms with Gasteiger partial charge in [0.15, 0.2) is 5.82 Å². The van der Waals surface area contributed by atoms with E-state index < -0.39 is 11.1 Å². The number of benzene rings is 2. The van der Waals surface area contributed by atoms with Gasteiger partial charge in [-0.25, -0.2) is 14.1 Å². The number of halogens is 1. The van der Waals surface area contributed by atoms with Crippen molar-refractivity contribution in [3.8, 4) is 17.1 Å². The van der Waals surface area contributed by atoms with Gasteiger partial charge >= 0.3 is 0 Å². The number of hydrogen-bond acceptors (Lipinski definition) is 5. The third-order valence-corrected chi connectivity index (χ3v) is 6.01. The molecule has 2 heterocycles. The van der Waals surface area contributed by atoms with Gasteiger partial charge in [-0.15, -0.1) is 5.10 Å². The monoisotopic (exact) mass is 452 g/mol. The van der Waals surface area contributed by atoms with Crippen LogP contribution in [0.1, 0.15) is 12.6 Å². The van der Waals surface area contributed by atoms with Crippen molar-refractivity contribution >= 4 is 23.4 Å². The summed E-state index contributed by atoms with van der Waals surface area (Å²) in [5.41, 5.74) is 1.53. The van der Waals surface area contributed by atoms with E-state index in [0.717, 1.165) is 11.8 Å². The summed E-state index contributed by atoms with van der Waals surface area (Å²) in [5.74, 6) is -0.499. The summed E-state index contributed by atoms with van der Waals surface area (Å²) in [6.07, 6.45) is 0. The van der Waals surface area contributed by atoms with E-state index in [1.54, 1.807) is 43.8 Å². The molecule has 10 heteroatoms. The van der Waals surface area contributed by atoms with Crippen molar-refractivity contribution < 1.29 is 9.18 Å². The molecule has 2 aromatic carbocycles. The highest BCUT2D eigenvalue weighted by atomic mass is 32.2. The number of aromatic amines is 1. The number of rotatable bonds is 6. The fourth-order valence-corrected chi connectivity index (χ4v) is 3.95. The molecule has 0 saturated carbocycles. The number of carbonyl (C=O) groups excluding carboxylic acids is 1. The lowest BCUT2D eigenvalue weighted by Crippen LogP contribution is -2.27. The quantitative estimate of drug-likeness (QED) is 0.436. The molecule has 0 spiro atoms. The van der Waals surface area contributed by atoms with Crippen LogP contribution in [0.3, 0.4) is 0 Å². The van der Waals surface area contributed by atoms with Crippen LogP contribution in [0.15, 0.2) is 64.5 Å². The van der Waals surface area contributed by atoms with Crippen LogP contribution in [0.25, 0.3) is 17.1 Å². The minimum Gasteiger partial charge on any atom is -0.319 e. The van der Waals surface area contributed by atoms with Crippen LogP contribution in [0.4, 0.5) is 10.1 Å². The largest absolute Gasteiger partial charge is 0.319 e. The number of carbonyl (C=O) groups is 1. The first-order valence-electron chi connectivity index (χ1n) is 9.85. The van der Waals surface area contributed by atoms with Crippen molar-refractivity contribution in [3.63, 3.8) is 0 Å². The third-order valence-electron chi connectivity index (χ3n) is 5.05. The van der Waals surface area contributed by atoms with E-state index in [1.165, 1.54) is 10.7 Å².